The van der Waals surface area contributed by atoms with E-state index < -0.39 is 0 Å². The predicted octanol–water partition coefficient (Wildman–Crippen LogP) is 6.64. The smallest absolute Gasteiger partial charge is 0.306 e. The molecule has 0 N–H and O–H groups in total. The molecule has 1 saturated heterocycles. The predicted molar refractivity (Wildman–Crippen MR) is 167 cm³/mol. The van der Waals surface area contributed by atoms with Crippen molar-refractivity contribution in [3.63, 3.8) is 0 Å². The molecule has 6 nitrogen and oxygen atoms in total. The summed E-state index contributed by atoms with van der Waals surface area (Å²) >= 11 is 0. The Bertz CT molecular complexity index is 1410. The van der Waals surface area contributed by atoms with Crippen molar-refractivity contribution in [2.24, 2.45) is 0 Å². The third-order valence-electron chi connectivity index (χ3n) is 8.09. The molecular weight excluding hydrogens is 527 g/mol. The molecule has 1 fully saturated rings. The Morgan fingerprint density at radius 2 is 1.52 bits per heavy atom. The summed E-state index contributed by atoms with van der Waals surface area (Å²) in [7, 11) is 0. The average molecular weight is 571 g/mol. The van der Waals surface area contributed by atoms with E-state index in [0.717, 1.165) is 93.8 Å². The van der Waals surface area contributed by atoms with E-state index in [4.69, 9.17) is 9.72 Å². The van der Waals surface area contributed by atoms with Gasteiger partial charge in [0.2, 0.25) is 5.95 Å². The molecule has 0 radical (unpaired) electrons. The Morgan fingerprint density at radius 3 is 2.24 bits per heavy atom. The number of benzene rings is 3. The van der Waals surface area contributed by atoms with Gasteiger partial charge < -0.3 is 19.1 Å². The molecule has 2 heterocycles. The summed E-state index contributed by atoms with van der Waals surface area (Å²) in [5.74, 6) is 0.688. The number of ether oxygens (including phenoxy) is 1. The second kappa shape index (κ2) is 15.0. The van der Waals surface area contributed by atoms with Crippen molar-refractivity contribution in [1.29, 1.82) is 0 Å². The van der Waals surface area contributed by atoms with Gasteiger partial charge >= 0.3 is 5.97 Å². The van der Waals surface area contributed by atoms with Gasteiger partial charge in [0.15, 0.2) is 0 Å². The highest BCUT2D eigenvalue weighted by atomic mass is 19.1. The van der Waals surface area contributed by atoms with Crippen LogP contribution in [0.2, 0.25) is 0 Å². The molecule has 5 rings (SSSR count). The minimum absolute atomic E-state index is 0.103. The summed E-state index contributed by atoms with van der Waals surface area (Å²) in [5.41, 5.74) is 5.69. The van der Waals surface area contributed by atoms with Crippen LogP contribution in [0, 0.1) is 5.82 Å². The molecule has 0 saturated carbocycles. The fourth-order valence-corrected chi connectivity index (χ4v) is 5.66. The molecule has 42 heavy (non-hydrogen) atoms. The number of hydrogen-bond donors (Lipinski definition) is 0. The van der Waals surface area contributed by atoms with E-state index in [2.05, 4.69) is 63.8 Å². The number of anilines is 1. The Hall–Kier alpha value is -3.71. The van der Waals surface area contributed by atoms with Gasteiger partial charge in [-0.1, -0.05) is 61.9 Å². The minimum atomic E-state index is -0.212. The Labute approximate surface area is 249 Å². The molecule has 4 aromatic rings. The summed E-state index contributed by atoms with van der Waals surface area (Å²) in [6.45, 7) is 8.38. The standard InChI is InChI=1S/C35H43FN4O2/c1-2-3-26-42-34(41)19-16-28-10-12-29(13-11-28)20-25-38-21-6-23-39(24-7-22-38)35-37-32-8-4-5-9-33(32)40(35)27-30-14-17-31(36)18-15-30/h4-5,8-15,17-18H,2-3,6-7,16,19-27H2,1H3. The summed E-state index contributed by atoms with van der Waals surface area (Å²) in [6, 6.07) is 23.8. The van der Waals surface area contributed by atoms with Crippen molar-refractivity contribution < 1.29 is 13.9 Å². The number of rotatable bonds is 12. The highest BCUT2D eigenvalue weighted by Gasteiger charge is 2.20. The van der Waals surface area contributed by atoms with E-state index in [1.54, 1.807) is 0 Å². The van der Waals surface area contributed by atoms with Crippen molar-refractivity contribution in [2.75, 3.05) is 44.2 Å². The van der Waals surface area contributed by atoms with E-state index in [1.165, 1.54) is 23.3 Å². The lowest BCUT2D eigenvalue weighted by atomic mass is 10.1. The monoisotopic (exact) mass is 570 g/mol. The number of hydrogen-bond acceptors (Lipinski definition) is 5. The molecule has 0 spiro atoms. The normalized spacial score (nSPS) is 14.6. The van der Waals surface area contributed by atoms with Crippen LogP contribution in [-0.4, -0.2) is 59.8 Å². The van der Waals surface area contributed by atoms with Crippen LogP contribution >= 0.6 is 0 Å². The number of carbonyl (C=O) groups is 1. The second-order valence-corrected chi connectivity index (χ2v) is 11.3. The zero-order valence-electron chi connectivity index (χ0n) is 24.8. The molecule has 0 amide bonds. The zero-order chi connectivity index (χ0) is 29.1. The highest BCUT2D eigenvalue weighted by molar-refractivity contribution is 5.79. The maximum atomic E-state index is 13.5. The molecule has 222 valence electrons. The van der Waals surface area contributed by atoms with Gasteiger partial charge in [-0.2, -0.15) is 0 Å². The number of imidazole rings is 1. The number of unbranched alkanes of at least 4 members (excludes halogenated alkanes) is 1. The van der Waals surface area contributed by atoms with Gasteiger partial charge in [-0.05, 0) is 86.1 Å². The number of fused-ring (bicyclic) bond motifs is 1. The summed E-state index contributed by atoms with van der Waals surface area (Å²) in [6.07, 6.45) is 6.31. The number of para-hydroxylation sites is 2. The van der Waals surface area contributed by atoms with Gasteiger partial charge in [-0.15, -0.1) is 0 Å². The third-order valence-corrected chi connectivity index (χ3v) is 8.09. The molecule has 0 atom stereocenters. The largest absolute Gasteiger partial charge is 0.466 e. The summed E-state index contributed by atoms with van der Waals surface area (Å²) in [5, 5.41) is 0. The third kappa shape index (κ3) is 8.19. The van der Waals surface area contributed by atoms with Gasteiger partial charge in [0.05, 0.1) is 24.2 Å². The maximum Gasteiger partial charge on any atom is 0.306 e. The lowest BCUT2D eigenvalue weighted by molar-refractivity contribution is -0.143. The molecule has 0 aliphatic carbocycles. The summed E-state index contributed by atoms with van der Waals surface area (Å²) < 4.78 is 21.1. The quantitative estimate of drug-likeness (QED) is 0.141. The fourth-order valence-electron chi connectivity index (χ4n) is 5.66. The fraction of sp³-hybridized carbons (Fsp3) is 0.429. The topological polar surface area (TPSA) is 50.6 Å². The van der Waals surface area contributed by atoms with Crippen LogP contribution in [-0.2, 0) is 28.9 Å². The van der Waals surface area contributed by atoms with Crippen LogP contribution in [0.1, 0.15) is 55.7 Å². The van der Waals surface area contributed by atoms with E-state index in [1.807, 2.05) is 18.2 Å². The van der Waals surface area contributed by atoms with Crippen molar-refractivity contribution in [2.45, 2.75) is 58.4 Å². The van der Waals surface area contributed by atoms with Crippen LogP contribution in [0.4, 0.5) is 10.3 Å². The van der Waals surface area contributed by atoms with E-state index in [-0.39, 0.29) is 11.8 Å². The lowest BCUT2D eigenvalue weighted by Crippen LogP contribution is -2.38. The van der Waals surface area contributed by atoms with Gasteiger partial charge in [0.25, 0.3) is 0 Å². The van der Waals surface area contributed by atoms with Crippen LogP contribution in [0.25, 0.3) is 11.0 Å². The van der Waals surface area contributed by atoms with Crippen molar-refractivity contribution in [3.05, 3.63) is 95.3 Å². The van der Waals surface area contributed by atoms with Gasteiger partial charge in [0, 0.05) is 26.1 Å². The van der Waals surface area contributed by atoms with Gasteiger partial charge in [0.1, 0.15) is 5.82 Å². The van der Waals surface area contributed by atoms with E-state index >= 15 is 0 Å². The molecule has 0 bridgehead atoms. The number of aryl methyl sites for hydroxylation is 1. The number of aromatic nitrogens is 2. The first-order valence-corrected chi connectivity index (χ1v) is 15.5. The van der Waals surface area contributed by atoms with Crippen molar-refractivity contribution >= 4 is 23.0 Å². The molecule has 1 aliphatic heterocycles. The lowest BCUT2D eigenvalue weighted by Gasteiger charge is -2.31. The summed E-state index contributed by atoms with van der Waals surface area (Å²) in [4.78, 5) is 21.9. The Morgan fingerprint density at radius 1 is 0.857 bits per heavy atom. The minimum Gasteiger partial charge on any atom is -0.466 e. The van der Waals surface area contributed by atoms with E-state index in [0.29, 0.717) is 19.6 Å². The number of halogens is 1. The van der Waals surface area contributed by atoms with Crippen molar-refractivity contribution in [3.8, 4) is 0 Å². The Balaban J connectivity index is 1.12. The number of nitrogens with zero attached hydrogens (tertiary/aromatic N) is 4. The number of carbonyl (C=O) groups excluding carboxylic acids is 1. The van der Waals surface area contributed by atoms with Crippen LogP contribution in [0.15, 0.2) is 72.8 Å². The highest BCUT2D eigenvalue weighted by Crippen LogP contribution is 2.25. The maximum absolute atomic E-state index is 13.5. The number of esters is 1. The van der Waals surface area contributed by atoms with Crippen LogP contribution < -0.4 is 4.90 Å². The SMILES string of the molecule is CCCCOC(=O)CCc1ccc(CCN2CCCN(c3nc4ccccc4n3Cc3ccc(F)cc3)CCC2)cc1. The van der Waals surface area contributed by atoms with E-state index in [9.17, 15) is 9.18 Å². The molecule has 0 unspecified atom stereocenters. The first-order valence-electron chi connectivity index (χ1n) is 15.5. The first-order chi connectivity index (χ1) is 20.6. The molecule has 1 aromatic heterocycles. The molecule has 7 heteroatoms. The first kappa shape index (κ1) is 29.8. The molecule has 3 aromatic carbocycles. The molecule has 1 aliphatic rings. The average Bonchev–Trinajstić information content (AvgIpc) is 3.35. The van der Waals surface area contributed by atoms with Gasteiger partial charge in [-0.25, -0.2) is 9.37 Å². The zero-order valence-corrected chi connectivity index (χ0v) is 24.8. The van der Waals surface area contributed by atoms with Gasteiger partial charge in [-0.3, -0.25) is 4.79 Å². The second-order valence-electron chi connectivity index (χ2n) is 11.3. The van der Waals surface area contributed by atoms with Crippen LogP contribution in [0.3, 0.4) is 0 Å². The Kier molecular flexibility index (Phi) is 10.6. The molecular formula is C35H43FN4O2. The van der Waals surface area contributed by atoms with Crippen LogP contribution in [0.5, 0.6) is 0 Å². The van der Waals surface area contributed by atoms with Crippen molar-refractivity contribution in [1.82, 2.24) is 14.5 Å².